The van der Waals surface area contributed by atoms with E-state index in [1.807, 2.05) is 0 Å². The number of phosphoric ester groups is 1. The van der Waals surface area contributed by atoms with E-state index in [1.165, 1.54) is 25.7 Å². The molecule has 0 saturated heterocycles. The maximum atomic E-state index is 12.6. The van der Waals surface area contributed by atoms with E-state index < -0.39 is 32.5 Å². The van der Waals surface area contributed by atoms with Crippen LogP contribution in [-0.2, 0) is 32.7 Å². The van der Waals surface area contributed by atoms with Gasteiger partial charge in [-0.15, -0.1) is 0 Å². The second-order valence-electron chi connectivity index (χ2n) is 15.9. The van der Waals surface area contributed by atoms with Crippen LogP contribution in [0.15, 0.2) is 122 Å². The highest BCUT2D eigenvalue weighted by Gasteiger charge is 2.26. The van der Waals surface area contributed by atoms with Crippen LogP contribution < -0.4 is 5.73 Å². The molecule has 0 bridgehead atoms. The number of esters is 2. The van der Waals surface area contributed by atoms with E-state index in [0.717, 1.165) is 116 Å². The Morgan fingerprint density at radius 1 is 0.477 bits per heavy atom. The zero-order valence-corrected chi connectivity index (χ0v) is 41.6. The quantitative estimate of drug-likeness (QED) is 0.0265. The van der Waals surface area contributed by atoms with Gasteiger partial charge in [0, 0.05) is 19.4 Å². The summed E-state index contributed by atoms with van der Waals surface area (Å²) in [5.41, 5.74) is 5.36. The molecule has 2 unspecified atom stereocenters. The fourth-order valence-electron chi connectivity index (χ4n) is 6.15. The third-order valence-corrected chi connectivity index (χ3v) is 10.8. The molecule has 0 fully saturated rings. The first-order chi connectivity index (χ1) is 31.8. The normalized spacial score (nSPS) is 14.2. The molecule has 0 spiro atoms. The number of ether oxygens (including phenoxy) is 2. The van der Waals surface area contributed by atoms with Gasteiger partial charge in [0.2, 0.25) is 0 Å². The van der Waals surface area contributed by atoms with E-state index >= 15 is 0 Å². The predicted molar refractivity (Wildman–Crippen MR) is 274 cm³/mol. The second-order valence-corrected chi connectivity index (χ2v) is 17.4. The van der Waals surface area contributed by atoms with Crippen LogP contribution in [0, 0.1) is 0 Å². The van der Waals surface area contributed by atoms with Gasteiger partial charge in [-0.25, -0.2) is 4.57 Å². The number of unbranched alkanes of at least 4 members (excludes halogenated alkanes) is 12. The standard InChI is InChI=1S/C55H90NO8P/c1-3-5-7-9-11-13-15-17-19-20-21-22-23-24-25-26-27-28-29-30-31-32-34-36-38-40-42-44-46-48-55(58)64-53(52-63-65(59,60)62-50-49-56)51-61-54(57)47-45-43-41-39-37-35-33-18-16-14-12-10-8-6-4-2/h5,7,11-14,17-19,21-22,24-25,27-28,30-31,33-34,36,53H,3-4,6,8-10,15-16,20,23,26,29,32,35,37-52,56H2,1-2H3,(H,59,60)/b7-5-,13-11-,14-12-,19-17-,22-21-,25-24-,28-27-,31-30-,33-18-,36-34-. The lowest BCUT2D eigenvalue weighted by Crippen LogP contribution is -2.29. The molecule has 0 heterocycles. The van der Waals surface area contributed by atoms with Crippen molar-refractivity contribution in [1.29, 1.82) is 0 Å². The first-order valence-corrected chi connectivity index (χ1v) is 26.5. The second kappa shape index (κ2) is 49.8. The first-order valence-electron chi connectivity index (χ1n) is 25.0. The van der Waals surface area contributed by atoms with Crippen molar-refractivity contribution in [2.75, 3.05) is 26.4 Å². The highest BCUT2D eigenvalue weighted by Crippen LogP contribution is 2.43. The highest BCUT2D eigenvalue weighted by atomic mass is 31.2. The summed E-state index contributed by atoms with van der Waals surface area (Å²) in [4.78, 5) is 35.0. The summed E-state index contributed by atoms with van der Waals surface area (Å²) < 4.78 is 32.8. The van der Waals surface area contributed by atoms with Crippen molar-refractivity contribution in [2.24, 2.45) is 5.73 Å². The van der Waals surface area contributed by atoms with Gasteiger partial charge in [0.05, 0.1) is 13.2 Å². The van der Waals surface area contributed by atoms with Crippen molar-refractivity contribution in [1.82, 2.24) is 0 Å². The maximum Gasteiger partial charge on any atom is 0.472 e. The lowest BCUT2D eigenvalue weighted by molar-refractivity contribution is -0.161. The van der Waals surface area contributed by atoms with Crippen LogP contribution in [0.25, 0.3) is 0 Å². The number of hydrogen-bond acceptors (Lipinski definition) is 8. The minimum Gasteiger partial charge on any atom is -0.462 e. The lowest BCUT2D eigenvalue weighted by Gasteiger charge is -2.19. The van der Waals surface area contributed by atoms with Crippen molar-refractivity contribution in [2.45, 2.75) is 187 Å². The summed E-state index contributed by atoms with van der Waals surface area (Å²) in [6.45, 7) is 3.52. The van der Waals surface area contributed by atoms with E-state index in [9.17, 15) is 19.0 Å². The molecule has 0 amide bonds. The smallest absolute Gasteiger partial charge is 0.462 e. The molecule has 0 radical (unpaired) electrons. The highest BCUT2D eigenvalue weighted by molar-refractivity contribution is 7.47. The number of rotatable bonds is 45. The summed E-state index contributed by atoms with van der Waals surface area (Å²) in [6.07, 6.45) is 68.0. The average Bonchev–Trinajstić information content (AvgIpc) is 3.30. The fourth-order valence-corrected chi connectivity index (χ4v) is 6.91. The van der Waals surface area contributed by atoms with Crippen molar-refractivity contribution in [3.05, 3.63) is 122 Å². The summed E-state index contributed by atoms with van der Waals surface area (Å²) >= 11 is 0. The number of carbonyl (C=O) groups excluding carboxylic acids is 2. The molecule has 3 N–H and O–H groups in total. The molecule has 0 aliphatic rings. The van der Waals surface area contributed by atoms with Crippen molar-refractivity contribution < 1.29 is 37.6 Å². The van der Waals surface area contributed by atoms with Gasteiger partial charge in [-0.3, -0.25) is 18.6 Å². The largest absolute Gasteiger partial charge is 0.472 e. The average molecular weight is 924 g/mol. The van der Waals surface area contributed by atoms with E-state index in [1.54, 1.807) is 0 Å². The van der Waals surface area contributed by atoms with Crippen LogP contribution in [0.3, 0.4) is 0 Å². The topological polar surface area (TPSA) is 134 Å². The molecule has 0 saturated carbocycles. The Balaban J connectivity index is 4.18. The van der Waals surface area contributed by atoms with Gasteiger partial charge >= 0.3 is 19.8 Å². The Hall–Kier alpha value is -3.59. The van der Waals surface area contributed by atoms with Crippen LogP contribution in [0.2, 0.25) is 0 Å². The Morgan fingerprint density at radius 2 is 0.846 bits per heavy atom. The third kappa shape index (κ3) is 49.7. The van der Waals surface area contributed by atoms with E-state index in [0.29, 0.717) is 12.8 Å². The Morgan fingerprint density at radius 3 is 1.26 bits per heavy atom. The van der Waals surface area contributed by atoms with E-state index in [-0.39, 0.29) is 32.6 Å². The summed E-state index contributed by atoms with van der Waals surface area (Å²) in [5, 5.41) is 0. The zero-order chi connectivity index (χ0) is 47.4. The molecule has 0 rings (SSSR count). The van der Waals surface area contributed by atoms with Crippen LogP contribution in [0.4, 0.5) is 0 Å². The molecule has 0 aromatic heterocycles. The minimum absolute atomic E-state index is 0.0397. The van der Waals surface area contributed by atoms with Crippen LogP contribution in [-0.4, -0.2) is 49.3 Å². The Labute approximate surface area is 396 Å². The van der Waals surface area contributed by atoms with Crippen molar-refractivity contribution >= 4 is 19.8 Å². The van der Waals surface area contributed by atoms with Gasteiger partial charge in [0.1, 0.15) is 6.61 Å². The predicted octanol–water partition coefficient (Wildman–Crippen LogP) is 15.3. The molecular weight excluding hydrogens is 834 g/mol. The lowest BCUT2D eigenvalue weighted by atomic mass is 10.1. The summed E-state index contributed by atoms with van der Waals surface area (Å²) in [6, 6.07) is 0. The van der Waals surface area contributed by atoms with E-state index in [2.05, 4.69) is 135 Å². The molecule has 0 aliphatic carbocycles. The third-order valence-electron chi connectivity index (χ3n) is 9.83. The van der Waals surface area contributed by atoms with Crippen molar-refractivity contribution in [3.63, 3.8) is 0 Å². The molecule has 0 aliphatic heterocycles. The molecule has 65 heavy (non-hydrogen) atoms. The van der Waals surface area contributed by atoms with Gasteiger partial charge in [-0.2, -0.15) is 0 Å². The van der Waals surface area contributed by atoms with Crippen LogP contribution in [0.1, 0.15) is 181 Å². The Kier molecular flexibility index (Phi) is 47.1. The number of hydrogen-bond donors (Lipinski definition) is 2. The molecule has 9 nitrogen and oxygen atoms in total. The molecule has 368 valence electrons. The zero-order valence-electron chi connectivity index (χ0n) is 40.7. The molecular formula is C55H90NO8P. The number of phosphoric acid groups is 1. The SMILES string of the molecule is CC/C=C\C/C=C\C/C=C\C/C=C\C/C=C\C/C=C\C/C=C\C/C=C\CCCCCCC(=O)OC(COC(=O)CCCCCCC/C=C\C/C=C\CCCCC)COP(=O)(O)OCCN. The van der Waals surface area contributed by atoms with Crippen LogP contribution >= 0.6 is 7.82 Å². The number of nitrogens with two attached hydrogens (primary N) is 1. The minimum atomic E-state index is -4.40. The number of carbonyl (C=O) groups is 2. The first kappa shape index (κ1) is 61.4. The maximum absolute atomic E-state index is 12.6. The fraction of sp³-hybridized carbons (Fsp3) is 0.600. The molecule has 0 aromatic rings. The van der Waals surface area contributed by atoms with Gasteiger partial charge in [0.15, 0.2) is 6.10 Å². The molecule has 10 heteroatoms. The van der Waals surface area contributed by atoms with Crippen molar-refractivity contribution in [3.8, 4) is 0 Å². The number of allylic oxidation sites excluding steroid dienone is 20. The van der Waals surface area contributed by atoms with E-state index in [4.69, 9.17) is 24.3 Å². The van der Waals surface area contributed by atoms with Gasteiger partial charge in [0.25, 0.3) is 0 Å². The van der Waals surface area contributed by atoms with Gasteiger partial charge in [-0.05, 0) is 109 Å². The van der Waals surface area contributed by atoms with Gasteiger partial charge in [-0.1, -0.05) is 180 Å². The molecule has 0 aromatic carbocycles. The molecule has 2 atom stereocenters. The van der Waals surface area contributed by atoms with Gasteiger partial charge < -0.3 is 20.1 Å². The summed E-state index contributed by atoms with van der Waals surface area (Å²) in [5.74, 6) is -0.885. The Bertz CT molecular complexity index is 1470. The van der Waals surface area contributed by atoms with Crippen LogP contribution in [0.5, 0.6) is 0 Å². The summed E-state index contributed by atoms with van der Waals surface area (Å²) in [7, 11) is -4.40. The monoisotopic (exact) mass is 924 g/mol.